The van der Waals surface area contributed by atoms with Crippen LogP contribution in [0.5, 0.6) is 0 Å². The number of aromatic amines is 1. The smallest absolute Gasteiger partial charge is 0.278 e. The van der Waals surface area contributed by atoms with Gasteiger partial charge in [-0.2, -0.15) is 0 Å². The Morgan fingerprint density at radius 1 is 1.23 bits per heavy atom. The fraction of sp³-hybridized carbons (Fsp3) is 0.333. The van der Waals surface area contributed by atoms with Gasteiger partial charge in [0.25, 0.3) is 5.56 Å². The fourth-order valence-electron chi connectivity index (χ4n) is 3.07. The molecule has 3 N–H and O–H groups in total. The molecule has 3 rings (SSSR count). The zero-order valence-electron chi connectivity index (χ0n) is 17.4. The lowest BCUT2D eigenvalue weighted by Gasteiger charge is -2.17. The van der Waals surface area contributed by atoms with Gasteiger partial charge in [-0.1, -0.05) is 24.8 Å². The minimum atomic E-state index is -0.227. The number of benzene rings is 1. The van der Waals surface area contributed by atoms with Gasteiger partial charge in [0.15, 0.2) is 5.16 Å². The molecule has 0 saturated heterocycles. The van der Waals surface area contributed by atoms with Crippen molar-refractivity contribution in [2.24, 2.45) is 0 Å². The lowest BCUT2D eigenvalue weighted by atomic mass is 10.2. The summed E-state index contributed by atoms with van der Waals surface area (Å²) >= 11 is 1.23. The van der Waals surface area contributed by atoms with Gasteiger partial charge in [0.1, 0.15) is 5.52 Å². The molecule has 2 aromatic heterocycles. The molecule has 0 fully saturated rings. The summed E-state index contributed by atoms with van der Waals surface area (Å²) in [6.45, 7) is 7.27. The summed E-state index contributed by atoms with van der Waals surface area (Å²) in [5, 5.41) is 6.01. The molecule has 0 aliphatic carbocycles. The molecule has 8 nitrogen and oxygen atoms in total. The number of nitrogens with one attached hydrogen (secondary N) is 3. The third-order valence-electron chi connectivity index (χ3n) is 4.62. The second kappa shape index (κ2) is 9.17. The number of fused-ring (bicyclic) bond motifs is 1. The Morgan fingerprint density at radius 3 is 2.60 bits per heavy atom. The Hall–Kier alpha value is -3.07. The largest absolute Gasteiger partial charge is 0.353 e. The van der Waals surface area contributed by atoms with Crippen LogP contribution in [-0.4, -0.2) is 32.1 Å². The third-order valence-corrected chi connectivity index (χ3v) is 5.57. The van der Waals surface area contributed by atoms with E-state index in [2.05, 4.69) is 20.6 Å². The predicted octanol–water partition coefficient (Wildman–Crippen LogP) is 3.69. The molecule has 0 saturated carbocycles. The fourth-order valence-corrected chi connectivity index (χ4v) is 3.97. The Bertz CT molecular complexity index is 1150. The summed E-state index contributed by atoms with van der Waals surface area (Å²) in [6.07, 6.45) is 0.766. The summed E-state index contributed by atoms with van der Waals surface area (Å²) in [7, 11) is 0. The Morgan fingerprint density at radius 2 is 1.93 bits per heavy atom. The van der Waals surface area contributed by atoms with Crippen LogP contribution < -0.4 is 16.2 Å². The molecule has 0 bridgehead atoms. The van der Waals surface area contributed by atoms with Crippen molar-refractivity contribution >= 4 is 46.0 Å². The van der Waals surface area contributed by atoms with E-state index in [9.17, 15) is 14.4 Å². The van der Waals surface area contributed by atoms with Gasteiger partial charge in [-0.05, 0) is 44.5 Å². The van der Waals surface area contributed by atoms with E-state index < -0.39 is 0 Å². The number of hydrogen-bond donors (Lipinski definition) is 3. The topological polar surface area (TPSA) is 109 Å². The van der Waals surface area contributed by atoms with E-state index in [1.807, 2.05) is 26.8 Å². The number of H-pyrrole nitrogens is 1. The van der Waals surface area contributed by atoms with Gasteiger partial charge in [0.05, 0.1) is 11.3 Å². The number of anilines is 2. The average Bonchev–Trinajstić information content (AvgIpc) is 3.06. The van der Waals surface area contributed by atoms with E-state index in [1.54, 1.807) is 28.8 Å². The van der Waals surface area contributed by atoms with E-state index in [-0.39, 0.29) is 29.2 Å². The highest BCUT2D eigenvalue weighted by Crippen LogP contribution is 2.23. The SMILES string of the molecule is CC[C@@H](C)n1c(SCC(=O)Nc2cccc(NC(C)=O)c2)nc2cc(C)[nH]c2c1=O. The molecule has 0 unspecified atom stereocenters. The predicted molar refractivity (Wildman–Crippen MR) is 120 cm³/mol. The first-order valence-corrected chi connectivity index (χ1v) is 10.7. The molecular weight excluding hydrogens is 402 g/mol. The molecule has 158 valence electrons. The highest BCUT2D eigenvalue weighted by molar-refractivity contribution is 7.99. The van der Waals surface area contributed by atoms with Gasteiger partial charge >= 0.3 is 0 Å². The van der Waals surface area contributed by atoms with E-state index in [1.165, 1.54) is 18.7 Å². The van der Waals surface area contributed by atoms with Gasteiger partial charge in [0, 0.05) is 30.0 Å². The number of carbonyl (C=O) groups is 2. The maximum absolute atomic E-state index is 13.0. The number of nitrogens with zero attached hydrogens (tertiary/aromatic N) is 2. The number of amides is 2. The number of carbonyl (C=O) groups excluding carboxylic acids is 2. The zero-order valence-corrected chi connectivity index (χ0v) is 18.2. The van der Waals surface area contributed by atoms with E-state index >= 15 is 0 Å². The highest BCUT2D eigenvalue weighted by Gasteiger charge is 2.18. The van der Waals surface area contributed by atoms with Crippen LogP contribution in [-0.2, 0) is 9.59 Å². The standard InChI is InChI=1S/C21H25N5O3S/c1-5-13(3)26-20(29)19-17(9-12(2)22-19)25-21(26)30-11-18(28)24-16-8-6-7-15(10-16)23-14(4)27/h6-10,13,22H,5,11H2,1-4H3,(H,23,27)(H,24,28)/t13-/m1/s1. The number of aryl methyl sites for hydroxylation is 1. The van der Waals surface area contributed by atoms with Gasteiger partial charge in [-0.3, -0.25) is 19.0 Å². The highest BCUT2D eigenvalue weighted by atomic mass is 32.2. The molecule has 2 amide bonds. The van der Waals surface area contributed by atoms with E-state index in [0.29, 0.717) is 27.6 Å². The normalized spacial score (nSPS) is 12.0. The monoisotopic (exact) mass is 427 g/mol. The molecule has 1 aromatic carbocycles. The van der Waals surface area contributed by atoms with Crippen LogP contribution in [0.4, 0.5) is 11.4 Å². The Kier molecular flexibility index (Phi) is 6.61. The number of hydrogen-bond acceptors (Lipinski definition) is 5. The molecular formula is C21H25N5O3S. The summed E-state index contributed by atoms with van der Waals surface area (Å²) in [6, 6.07) is 8.71. The number of aromatic nitrogens is 3. The van der Waals surface area contributed by atoms with Crippen LogP contribution in [0.2, 0.25) is 0 Å². The molecule has 0 aliphatic heterocycles. The second-order valence-corrected chi connectivity index (χ2v) is 8.08. The molecule has 9 heteroatoms. The van der Waals surface area contributed by atoms with E-state index in [0.717, 1.165) is 12.1 Å². The Labute approximate surface area is 178 Å². The van der Waals surface area contributed by atoms with Crippen molar-refractivity contribution in [3.8, 4) is 0 Å². The quantitative estimate of drug-likeness (QED) is 0.394. The average molecular weight is 428 g/mol. The van der Waals surface area contributed by atoms with Crippen LogP contribution in [0.3, 0.4) is 0 Å². The van der Waals surface area contributed by atoms with Gasteiger partial charge in [-0.15, -0.1) is 0 Å². The summed E-state index contributed by atoms with van der Waals surface area (Å²) in [4.78, 5) is 44.3. The molecule has 2 heterocycles. The van der Waals surface area contributed by atoms with Gasteiger partial charge in [0.2, 0.25) is 11.8 Å². The van der Waals surface area contributed by atoms with Crippen molar-refractivity contribution in [3.05, 3.63) is 46.4 Å². The first kappa shape index (κ1) is 21.6. The summed E-state index contributed by atoms with van der Waals surface area (Å²) < 4.78 is 1.65. The van der Waals surface area contributed by atoms with Crippen molar-refractivity contribution in [1.29, 1.82) is 0 Å². The number of thioether (sulfide) groups is 1. The molecule has 0 radical (unpaired) electrons. The van der Waals surface area contributed by atoms with Crippen molar-refractivity contribution < 1.29 is 9.59 Å². The van der Waals surface area contributed by atoms with Crippen molar-refractivity contribution in [1.82, 2.24) is 14.5 Å². The Balaban J connectivity index is 1.78. The minimum absolute atomic E-state index is 0.0436. The molecule has 1 atom stereocenters. The lowest BCUT2D eigenvalue weighted by Crippen LogP contribution is -2.26. The van der Waals surface area contributed by atoms with Crippen molar-refractivity contribution in [2.45, 2.75) is 45.3 Å². The van der Waals surface area contributed by atoms with E-state index in [4.69, 9.17) is 0 Å². The van der Waals surface area contributed by atoms with Crippen LogP contribution in [0, 0.1) is 6.92 Å². The number of rotatable bonds is 7. The molecule has 3 aromatic rings. The first-order valence-electron chi connectivity index (χ1n) is 9.70. The maximum atomic E-state index is 13.0. The van der Waals surface area contributed by atoms with Crippen LogP contribution in [0.15, 0.2) is 40.3 Å². The third kappa shape index (κ3) is 4.91. The van der Waals surface area contributed by atoms with Crippen molar-refractivity contribution in [2.75, 3.05) is 16.4 Å². The molecule has 0 spiro atoms. The minimum Gasteiger partial charge on any atom is -0.353 e. The molecule has 30 heavy (non-hydrogen) atoms. The maximum Gasteiger partial charge on any atom is 0.278 e. The summed E-state index contributed by atoms with van der Waals surface area (Å²) in [5.74, 6) is -0.309. The van der Waals surface area contributed by atoms with Crippen LogP contribution >= 0.6 is 11.8 Å². The van der Waals surface area contributed by atoms with Gasteiger partial charge in [-0.25, -0.2) is 4.98 Å². The first-order chi connectivity index (χ1) is 14.3. The second-order valence-electron chi connectivity index (χ2n) is 7.14. The van der Waals surface area contributed by atoms with Crippen LogP contribution in [0.25, 0.3) is 11.0 Å². The summed E-state index contributed by atoms with van der Waals surface area (Å²) in [5.41, 5.74) is 3.00. The van der Waals surface area contributed by atoms with Crippen molar-refractivity contribution in [3.63, 3.8) is 0 Å². The van der Waals surface area contributed by atoms with Gasteiger partial charge < -0.3 is 15.6 Å². The van der Waals surface area contributed by atoms with Crippen LogP contribution in [0.1, 0.15) is 38.9 Å². The lowest BCUT2D eigenvalue weighted by molar-refractivity contribution is -0.114. The zero-order chi connectivity index (χ0) is 21.8. The molecule has 0 aliphatic rings.